The molecule has 1 N–H and O–H groups in total. The number of fused-ring (bicyclic) bond motifs is 1. The Hall–Kier alpha value is -2.55. The molecule has 0 bridgehead atoms. The summed E-state index contributed by atoms with van der Waals surface area (Å²) in [4.78, 5) is 4.47. The number of hydrogen-bond acceptors (Lipinski definition) is 5. The zero-order chi connectivity index (χ0) is 17.1. The maximum atomic E-state index is 8.73. The molecule has 7 heteroatoms. The van der Waals surface area contributed by atoms with Crippen LogP contribution in [0.15, 0.2) is 52.6 Å². The number of hydrogen-bond donors (Lipinski definition) is 1. The quantitative estimate of drug-likeness (QED) is 0.447. The number of allylic oxidation sites excluding steroid dienone is 1. The number of rotatable bonds is 3. The van der Waals surface area contributed by atoms with Gasteiger partial charge in [0.25, 0.3) is 0 Å². The van der Waals surface area contributed by atoms with Gasteiger partial charge in [-0.25, -0.2) is 4.98 Å². The minimum absolute atomic E-state index is 0.0124. The van der Waals surface area contributed by atoms with Gasteiger partial charge in [0.2, 0.25) is 5.89 Å². The highest BCUT2D eigenvalue weighted by Gasteiger charge is 2.12. The monoisotopic (exact) mass is 446 g/mol. The van der Waals surface area contributed by atoms with Gasteiger partial charge < -0.3 is 9.73 Å². The van der Waals surface area contributed by atoms with Crippen molar-refractivity contribution in [3.05, 3.63) is 56.8 Å². The zero-order valence-electron chi connectivity index (χ0n) is 12.0. The Morgan fingerprint density at radius 1 is 1.21 bits per heavy atom. The predicted molar refractivity (Wildman–Crippen MR) is 100 cm³/mol. The molecule has 1 heterocycles. The van der Waals surface area contributed by atoms with Crippen LogP contribution in [-0.4, -0.2) is 4.98 Å². The molecule has 24 heavy (non-hydrogen) atoms. The number of halogens is 2. The van der Waals surface area contributed by atoms with Gasteiger partial charge in [-0.2, -0.15) is 10.5 Å². The molecule has 5 nitrogen and oxygen atoms in total. The van der Waals surface area contributed by atoms with E-state index in [4.69, 9.17) is 26.5 Å². The Morgan fingerprint density at radius 3 is 2.75 bits per heavy atom. The van der Waals surface area contributed by atoms with Crippen LogP contribution in [0, 0.1) is 26.2 Å². The van der Waals surface area contributed by atoms with Crippen molar-refractivity contribution in [2.75, 3.05) is 5.32 Å². The van der Waals surface area contributed by atoms with Gasteiger partial charge in [0, 0.05) is 15.5 Å². The van der Waals surface area contributed by atoms with Crippen LogP contribution in [0.25, 0.3) is 22.6 Å². The van der Waals surface area contributed by atoms with Gasteiger partial charge >= 0.3 is 0 Å². The smallest absolute Gasteiger partial charge is 0.228 e. The maximum absolute atomic E-state index is 8.73. The van der Waals surface area contributed by atoms with Crippen LogP contribution in [0.3, 0.4) is 0 Å². The molecule has 1 aromatic heterocycles. The SMILES string of the molecule is N#CC(C#N)=CNc1ccc2oc(-c3cc(I)ccc3Cl)nc2c1. The van der Waals surface area contributed by atoms with Crippen LogP contribution >= 0.6 is 34.2 Å². The van der Waals surface area contributed by atoms with Crippen molar-refractivity contribution in [3.63, 3.8) is 0 Å². The fraction of sp³-hybridized carbons (Fsp3) is 0. The van der Waals surface area contributed by atoms with Crippen molar-refractivity contribution in [1.29, 1.82) is 10.5 Å². The van der Waals surface area contributed by atoms with Gasteiger partial charge in [-0.1, -0.05) is 11.6 Å². The third-order valence-electron chi connectivity index (χ3n) is 3.17. The molecule has 2 aromatic carbocycles. The minimum Gasteiger partial charge on any atom is -0.436 e. The van der Waals surface area contributed by atoms with E-state index in [2.05, 4.69) is 32.9 Å². The zero-order valence-corrected chi connectivity index (χ0v) is 15.0. The van der Waals surface area contributed by atoms with Gasteiger partial charge in [0.05, 0.1) is 10.6 Å². The van der Waals surface area contributed by atoms with Crippen LogP contribution < -0.4 is 5.32 Å². The van der Waals surface area contributed by atoms with Crippen LogP contribution in [0.4, 0.5) is 5.69 Å². The number of benzene rings is 2. The van der Waals surface area contributed by atoms with E-state index >= 15 is 0 Å². The highest BCUT2D eigenvalue weighted by atomic mass is 127. The van der Waals surface area contributed by atoms with E-state index in [0.29, 0.717) is 27.7 Å². The molecular formula is C17H8ClIN4O. The van der Waals surface area contributed by atoms with Crippen molar-refractivity contribution in [2.45, 2.75) is 0 Å². The first kappa shape index (κ1) is 16.3. The first-order chi connectivity index (χ1) is 11.6. The van der Waals surface area contributed by atoms with Gasteiger partial charge in [-0.3, -0.25) is 0 Å². The van der Waals surface area contributed by atoms with Gasteiger partial charge in [0.15, 0.2) is 5.58 Å². The topological polar surface area (TPSA) is 85.6 Å². The normalized spacial score (nSPS) is 10.0. The highest BCUT2D eigenvalue weighted by molar-refractivity contribution is 14.1. The lowest BCUT2D eigenvalue weighted by Gasteiger charge is -1.99. The van der Waals surface area contributed by atoms with Crippen molar-refractivity contribution in [2.24, 2.45) is 0 Å². The molecule has 0 saturated carbocycles. The summed E-state index contributed by atoms with van der Waals surface area (Å²) in [6.45, 7) is 0. The number of aromatic nitrogens is 1. The fourth-order valence-corrected chi connectivity index (χ4v) is 2.73. The molecule has 3 rings (SSSR count). The summed E-state index contributed by atoms with van der Waals surface area (Å²) in [5.41, 5.74) is 2.68. The Kier molecular flexibility index (Phi) is 4.70. The Bertz CT molecular complexity index is 1030. The molecule has 0 amide bonds. The van der Waals surface area contributed by atoms with E-state index in [1.807, 2.05) is 12.1 Å². The van der Waals surface area contributed by atoms with E-state index in [-0.39, 0.29) is 5.57 Å². The molecule has 0 atom stereocenters. The number of oxazole rings is 1. The van der Waals surface area contributed by atoms with Gasteiger partial charge in [0.1, 0.15) is 23.2 Å². The molecule has 0 aliphatic heterocycles. The van der Waals surface area contributed by atoms with E-state index in [0.717, 1.165) is 9.13 Å². The van der Waals surface area contributed by atoms with Crippen LogP contribution in [0.2, 0.25) is 5.02 Å². The summed E-state index contributed by atoms with van der Waals surface area (Å²) in [6, 6.07) is 14.5. The molecule has 0 spiro atoms. The molecule has 0 unspecified atom stereocenters. The standard InChI is InChI=1S/C17H8ClIN4O/c18-14-3-1-11(19)5-13(14)17-23-15-6-12(2-4-16(15)24-17)22-9-10(7-20)8-21/h1-6,9,22H. The summed E-state index contributed by atoms with van der Waals surface area (Å²) in [5.74, 6) is 0.441. The summed E-state index contributed by atoms with van der Waals surface area (Å²) in [5, 5.41) is 20.9. The molecule has 0 aliphatic carbocycles. The third-order valence-corrected chi connectivity index (χ3v) is 4.17. The second kappa shape index (κ2) is 6.91. The number of nitrogens with zero attached hydrogens (tertiary/aromatic N) is 3. The lowest BCUT2D eigenvalue weighted by atomic mass is 10.2. The first-order valence-corrected chi connectivity index (χ1v) is 8.19. The highest BCUT2D eigenvalue weighted by Crippen LogP contribution is 2.32. The van der Waals surface area contributed by atoms with E-state index in [1.54, 1.807) is 36.4 Å². The number of nitriles is 2. The summed E-state index contributed by atoms with van der Waals surface area (Å²) >= 11 is 8.42. The average Bonchev–Trinajstić information content (AvgIpc) is 3.01. The molecule has 0 aliphatic rings. The lowest BCUT2D eigenvalue weighted by molar-refractivity contribution is 0.620. The summed E-state index contributed by atoms with van der Waals surface area (Å²) in [6.07, 6.45) is 1.35. The van der Waals surface area contributed by atoms with E-state index < -0.39 is 0 Å². The van der Waals surface area contributed by atoms with Gasteiger partial charge in [-0.05, 0) is 59.0 Å². The lowest BCUT2D eigenvalue weighted by Crippen LogP contribution is -1.89. The third kappa shape index (κ3) is 3.35. The van der Waals surface area contributed by atoms with Crippen molar-refractivity contribution >= 4 is 51.0 Å². The Morgan fingerprint density at radius 2 is 2.00 bits per heavy atom. The second-order valence-corrected chi connectivity index (χ2v) is 6.40. The van der Waals surface area contributed by atoms with Gasteiger partial charge in [-0.15, -0.1) is 0 Å². The van der Waals surface area contributed by atoms with E-state index in [9.17, 15) is 0 Å². The fourth-order valence-electron chi connectivity index (χ4n) is 2.04. The molecule has 0 radical (unpaired) electrons. The summed E-state index contributed by atoms with van der Waals surface area (Å²) in [7, 11) is 0. The van der Waals surface area contributed by atoms with Crippen molar-refractivity contribution < 1.29 is 4.42 Å². The first-order valence-electron chi connectivity index (χ1n) is 6.73. The minimum atomic E-state index is -0.0124. The molecule has 0 saturated heterocycles. The summed E-state index contributed by atoms with van der Waals surface area (Å²) < 4.78 is 6.80. The maximum Gasteiger partial charge on any atom is 0.228 e. The Balaban J connectivity index is 1.98. The number of anilines is 1. The van der Waals surface area contributed by atoms with Crippen molar-refractivity contribution in [1.82, 2.24) is 4.98 Å². The van der Waals surface area contributed by atoms with Crippen LogP contribution in [-0.2, 0) is 0 Å². The predicted octanol–water partition coefficient (Wildman–Crippen LogP) is 5.10. The molecule has 116 valence electrons. The molecular weight excluding hydrogens is 439 g/mol. The van der Waals surface area contributed by atoms with Crippen LogP contribution in [0.1, 0.15) is 0 Å². The second-order valence-electron chi connectivity index (χ2n) is 4.75. The van der Waals surface area contributed by atoms with Crippen LogP contribution in [0.5, 0.6) is 0 Å². The van der Waals surface area contributed by atoms with Crippen molar-refractivity contribution in [3.8, 4) is 23.6 Å². The average molecular weight is 447 g/mol. The number of nitrogens with one attached hydrogen (secondary N) is 1. The Labute approximate surface area is 156 Å². The molecule has 0 fully saturated rings. The van der Waals surface area contributed by atoms with E-state index in [1.165, 1.54) is 6.20 Å². The largest absolute Gasteiger partial charge is 0.436 e. The molecule has 3 aromatic rings.